The first-order valence-corrected chi connectivity index (χ1v) is 12.7. The lowest BCUT2D eigenvalue weighted by Gasteiger charge is -2.35. The minimum atomic E-state index is -0.0323. The minimum Gasteiger partial charge on any atom is -0.497 e. The normalized spacial score (nSPS) is 15.1. The van der Waals surface area contributed by atoms with Crippen LogP contribution in [0.5, 0.6) is 5.75 Å². The highest BCUT2D eigenvalue weighted by molar-refractivity contribution is 7.99. The van der Waals surface area contributed by atoms with Crippen molar-refractivity contribution < 1.29 is 9.53 Å². The number of nitrogens with zero attached hydrogens (tertiary/aromatic N) is 5. The average molecular weight is 481 g/mol. The highest BCUT2D eigenvalue weighted by atomic mass is 32.2. The second kappa shape index (κ2) is 11.5. The number of methoxy groups -OCH3 is 1. The van der Waals surface area contributed by atoms with E-state index in [2.05, 4.69) is 51.7 Å². The van der Waals surface area contributed by atoms with E-state index in [-0.39, 0.29) is 17.7 Å². The summed E-state index contributed by atoms with van der Waals surface area (Å²) in [7, 11) is 1.67. The molecule has 0 saturated carbocycles. The Morgan fingerprint density at radius 2 is 1.85 bits per heavy atom. The molecule has 1 saturated heterocycles. The lowest BCUT2D eigenvalue weighted by Crippen LogP contribution is -2.41. The maximum atomic E-state index is 12.8. The fourth-order valence-electron chi connectivity index (χ4n) is 4.19. The number of aromatic nitrogens is 4. The molecule has 2 heterocycles. The summed E-state index contributed by atoms with van der Waals surface area (Å²) in [4.78, 5) is 15.2. The molecule has 0 spiro atoms. The third-order valence-corrected chi connectivity index (χ3v) is 7.25. The van der Waals surface area contributed by atoms with Crippen LogP contribution in [-0.2, 0) is 4.79 Å². The summed E-state index contributed by atoms with van der Waals surface area (Å²) >= 11 is 1.34. The van der Waals surface area contributed by atoms with Gasteiger partial charge in [0.05, 0.1) is 24.6 Å². The first kappa shape index (κ1) is 24.2. The molecule has 0 aliphatic carbocycles. The minimum absolute atomic E-state index is 0.0323. The van der Waals surface area contributed by atoms with E-state index in [1.165, 1.54) is 47.7 Å². The topological polar surface area (TPSA) is 85.2 Å². The number of hydrogen-bond acceptors (Lipinski definition) is 7. The van der Waals surface area contributed by atoms with E-state index in [1.807, 2.05) is 30.3 Å². The van der Waals surface area contributed by atoms with Gasteiger partial charge in [-0.05, 0) is 91.2 Å². The first-order chi connectivity index (χ1) is 16.5. The quantitative estimate of drug-likeness (QED) is 0.467. The number of nitrogens with one attached hydrogen (secondary N) is 1. The number of carbonyl (C=O) groups excluding carboxylic acids is 1. The summed E-state index contributed by atoms with van der Waals surface area (Å²) in [6, 6.07) is 14.4. The van der Waals surface area contributed by atoms with Gasteiger partial charge in [-0.3, -0.25) is 9.69 Å². The maximum absolute atomic E-state index is 12.8. The van der Waals surface area contributed by atoms with Gasteiger partial charge in [-0.1, -0.05) is 36.4 Å². The third-order valence-electron chi connectivity index (χ3n) is 6.33. The van der Waals surface area contributed by atoms with Crippen molar-refractivity contribution in [2.75, 3.05) is 32.5 Å². The number of rotatable bonds is 9. The fraction of sp³-hybridized carbons (Fsp3) is 0.440. The predicted octanol–water partition coefficient (Wildman–Crippen LogP) is 3.72. The van der Waals surface area contributed by atoms with Crippen molar-refractivity contribution in [1.82, 2.24) is 30.4 Å². The summed E-state index contributed by atoms with van der Waals surface area (Å²) < 4.78 is 6.99. The number of benzene rings is 2. The molecule has 180 valence electrons. The van der Waals surface area contributed by atoms with Gasteiger partial charge in [0, 0.05) is 6.54 Å². The third kappa shape index (κ3) is 5.95. The zero-order valence-electron chi connectivity index (χ0n) is 20.0. The fourth-order valence-corrected chi connectivity index (χ4v) is 4.91. The number of amides is 1. The number of aryl methyl sites for hydroxylation is 2. The van der Waals surface area contributed by atoms with Crippen LogP contribution in [0.25, 0.3) is 5.69 Å². The van der Waals surface area contributed by atoms with Gasteiger partial charge in [0.1, 0.15) is 5.75 Å². The van der Waals surface area contributed by atoms with E-state index in [0.29, 0.717) is 11.7 Å². The van der Waals surface area contributed by atoms with Crippen LogP contribution >= 0.6 is 11.8 Å². The number of tetrazole rings is 1. The second-order valence-corrected chi connectivity index (χ2v) is 9.56. The Hall–Kier alpha value is -2.91. The van der Waals surface area contributed by atoms with Crippen LogP contribution in [0.15, 0.2) is 47.6 Å². The number of carbonyl (C=O) groups is 1. The zero-order chi connectivity index (χ0) is 23.9. The number of thioether (sulfide) groups is 1. The number of piperidine rings is 1. The standard InChI is InChI=1S/C25H32N6O2S/c1-18-7-10-21(15-19(18)2)31-25(27-28-29-31)34-17-24(32)26-16-23(30-13-5-4-6-14-30)20-8-11-22(33-3)12-9-20/h7-12,15,23H,4-6,13-14,16-17H2,1-3H3,(H,26,32). The molecule has 8 nitrogen and oxygen atoms in total. The van der Waals surface area contributed by atoms with E-state index in [1.54, 1.807) is 11.8 Å². The first-order valence-electron chi connectivity index (χ1n) is 11.7. The van der Waals surface area contributed by atoms with Gasteiger partial charge >= 0.3 is 0 Å². The van der Waals surface area contributed by atoms with Crippen LogP contribution in [0.4, 0.5) is 0 Å². The maximum Gasteiger partial charge on any atom is 0.230 e. The molecular formula is C25H32N6O2S. The molecule has 1 atom stereocenters. The van der Waals surface area contributed by atoms with Gasteiger partial charge in [0.25, 0.3) is 0 Å². The number of ether oxygens (including phenoxy) is 1. The smallest absolute Gasteiger partial charge is 0.230 e. The summed E-state index contributed by atoms with van der Waals surface area (Å²) in [5, 5.41) is 15.8. The molecule has 0 radical (unpaired) electrons. The average Bonchev–Trinajstić information content (AvgIpc) is 3.34. The molecule has 34 heavy (non-hydrogen) atoms. The molecule has 1 aromatic heterocycles. The van der Waals surface area contributed by atoms with Crippen molar-refractivity contribution in [2.45, 2.75) is 44.3 Å². The summed E-state index contributed by atoms with van der Waals surface area (Å²) in [5.41, 5.74) is 4.46. The van der Waals surface area contributed by atoms with Crippen LogP contribution in [0.3, 0.4) is 0 Å². The van der Waals surface area contributed by atoms with Gasteiger partial charge in [-0.15, -0.1) is 5.10 Å². The molecule has 9 heteroatoms. The molecule has 2 aromatic carbocycles. The van der Waals surface area contributed by atoms with E-state index in [9.17, 15) is 4.79 Å². The van der Waals surface area contributed by atoms with Crippen molar-refractivity contribution in [2.24, 2.45) is 0 Å². The van der Waals surface area contributed by atoms with Crippen molar-refractivity contribution in [1.29, 1.82) is 0 Å². The number of hydrogen-bond donors (Lipinski definition) is 1. The van der Waals surface area contributed by atoms with Crippen LogP contribution in [-0.4, -0.2) is 63.5 Å². The summed E-state index contributed by atoms with van der Waals surface area (Å²) in [6.07, 6.45) is 3.65. The SMILES string of the molecule is COc1ccc(C(CNC(=O)CSc2nnnn2-c2ccc(C)c(C)c2)N2CCCCC2)cc1. The van der Waals surface area contributed by atoms with Crippen molar-refractivity contribution in [3.63, 3.8) is 0 Å². The lowest BCUT2D eigenvalue weighted by atomic mass is 10.0. The molecule has 0 bridgehead atoms. The molecule has 3 aromatic rings. The van der Waals surface area contributed by atoms with Crippen LogP contribution in [0.2, 0.25) is 0 Å². The van der Waals surface area contributed by atoms with E-state index < -0.39 is 0 Å². The molecule has 1 N–H and O–H groups in total. The van der Waals surface area contributed by atoms with Crippen LogP contribution < -0.4 is 10.1 Å². The molecular weight excluding hydrogens is 448 g/mol. The zero-order valence-corrected chi connectivity index (χ0v) is 20.8. The van der Waals surface area contributed by atoms with Gasteiger partial charge in [-0.2, -0.15) is 4.68 Å². The number of likely N-dealkylation sites (tertiary alicyclic amines) is 1. The Kier molecular flexibility index (Phi) is 8.18. The van der Waals surface area contributed by atoms with E-state index in [0.717, 1.165) is 24.5 Å². The van der Waals surface area contributed by atoms with Crippen molar-refractivity contribution in [3.05, 3.63) is 59.2 Å². The molecule has 1 aliphatic rings. The Labute approximate surface area is 205 Å². The summed E-state index contributed by atoms with van der Waals surface area (Å²) in [5.74, 6) is 1.05. The highest BCUT2D eigenvalue weighted by Crippen LogP contribution is 2.26. The molecule has 1 amide bonds. The molecule has 1 fully saturated rings. The molecule has 4 rings (SSSR count). The Bertz CT molecular complexity index is 1100. The van der Waals surface area contributed by atoms with Gasteiger partial charge < -0.3 is 10.1 Å². The lowest BCUT2D eigenvalue weighted by molar-refractivity contribution is -0.118. The molecule has 1 unspecified atom stereocenters. The highest BCUT2D eigenvalue weighted by Gasteiger charge is 2.23. The largest absolute Gasteiger partial charge is 0.497 e. The monoisotopic (exact) mass is 480 g/mol. The van der Waals surface area contributed by atoms with Crippen LogP contribution in [0.1, 0.15) is 42.0 Å². The van der Waals surface area contributed by atoms with Gasteiger partial charge in [0.2, 0.25) is 11.1 Å². The van der Waals surface area contributed by atoms with Gasteiger partial charge in [-0.25, -0.2) is 0 Å². The molecule has 1 aliphatic heterocycles. The second-order valence-electron chi connectivity index (χ2n) is 8.62. The summed E-state index contributed by atoms with van der Waals surface area (Å²) in [6.45, 7) is 6.79. The van der Waals surface area contributed by atoms with E-state index >= 15 is 0 Å². The van der Waals surface area contributed by atoms with Crippen molar-refractivity contribution >= 4 is 17.7 Å². The Morgan fingerprint density at radius 1 is 1.09 bits per heavy atom. The van der Waals surface area contributed by atoms with Gasteiger partial charge in [0.15, 0.2) is 0 Å². The van der Waals surface area contributed by atoms with E-state index in [4.69, 9.17) is 4.74 Å². The predicted molar refractivity (Wildman–Crippen MR) is 134 cm³/mol. The van der Waals surface area contributed by atoms with Crippen LogP contribution in [0, 0.1) is 13.8 Å². The Balaban J connectivity index is 1.38. The Morgan fingerprint density at radius 3 is 2.56 bits per heavy atom. The van der Waals surface area contributed by atoms with Crippen molar-refractivity contribution in [3.8, 4) is 11.4 Å².